The zero-order valence-corrected chi connectivity index (χ0v) is 27.5. The minimum absolute atomic E-state index is 0.0257. The summed E-state index contributed by atoms with van der Waals surface area (Å²) >= 11 is 0. The van der Waals surface area contributed by atoms with E-state index in [2.05, 4.69) is 140 Å². The maximum absolute atomic E-state index is 10.1. The molecule has 2 heteroatoms. The van der Waals surface area contributed by atoms with Crippen molar-refractivity contribution < 1.29 is 10.2 Å². The lowest BCUT2D eigenvalue weighted by Crippen LogP contribution is -2.18. The van der Waals surface area contributed by atoms with Crippen LogP contribution in [0.15, 0.2) is 153 Å². The van der Waals surface area contributed by atoms with Crippen molar-refractivity contribution >= 4 is 0 Å². The summed E-state index contributed by atoms with van der Waals surface area (Å²) in [4.78, 5) is 0. The Labute approximate surface area is 256 Å². The van der Waals surface area contributed by atoms with E-state index in [1.54, 1.807) is 0 Å². The normalized spacial score (nSPS) is 21.2. The van der Waals surface area contributed by atoms with E-state index in [-0.39, 0.29) is 10.8 Å². The average molecular weight is 565 g/mol. The number of aliphatic hydroxyl groups excluding tert-OH is 2. The molecule has 224 valence electrons. The fraction of sp³-hybridized carbons (Fsp3) is 0.350. The van der Waals surface area contributed by atoms with Gasteiger partial charge in [-0.05, 0) is 99.7 Å². The first-order valence-electron chi connectivity index (χ1n) is 14.9. The number of rotatable bonds is 10. The Morgan fingerprint density at radius 2 is 0.857 bits per heavy atom. The second-order valence-electron chi connectivity index (χ2n) is 12.8. The van der Waals surface area contributed by atoms with Crippen LogP contribution in [0.1, 0.15) is 82.1 Å². The molecular weight excluding hydrogens is 512 g/mol. The highest BCUT2D eigenvalue weighted by Crippen LogP contribution is 2.40. The first-order chi connectivity index (χ1) is 19.6. The van der Waals surface area contributed by atoms with Crippen LogP contribution in [0.25, 0.3) is 0 Å². The Morgan fingerprint density at radius 3 is 1.21 bits per heavy atom. The van der Waals surface area contributed by atoms with E-state index >= 15 is 0 Å². The van der Waals surface area contributed by atoms with Gasteiger partial charge in [0.25, 0.3) is 0 Å². The number of allylic oxidation sites excluding steroid dienone is 24. The Kier molecular flexibility index (Phi) is 12.7. The molecule has 0 radical (unpaired) electrons. The highest BCUT2D eigenvalue weighted by Gasteiger charge is 2.28. The van der Waals surface area contributed by atoms with Gasteiger partial charge in [-0.25, -0.2) is 0 Å². The van der Waals surface area contributed by atoms with Crippen molar-refractivity contribution in [2.24, 2.45) is 10.8 Å². The second-order valence-corrected chi connectivity index (χ2v) is 12.8. The van der Waals surface area contributed by atoms with Crippen molar-refractivity contribution in [3.8, 4) is 0 Å². The van der Waals surface area contributed by atoms with Gasteiger partial charge < -0.3 is 10.2 Å². The average Bonchev–Trinajstić information content (AvgIpc) is 2.91. The quantitative estimate of drug-likeness (QED) is 0.259. The Hall–Kier alpha value is -3.78. The third-order valence-corrected chi connectivity index (χ3v) is 7.94. The zero-order chi connectivity index (χ0) is 31.5. The van der Waals surface area contributed by atoms with Gasteiger partial charge in [-0.3, -0.25) is 0 Å². The summed E-state index contributed by atoms with van der Waals surface area (Å²) in [6, 6.07) is 0. The van der Waals surface area contributed by atoms with Crippen LogP contribution in [0.3, 0.4) is 0 Å². The number of aliphatic hydroxyl groups is 2. The van der Waals surface area contributed by atoms with Crippen LogP contribution in [0.2, 0.25) is 0 Å². The van der Waals surface area contributed by atoms with Crippen LogP contribution >= 0.6 is 0 Å². The molecule has 0 aliphatic heterocycles. The summed E-state index contributed by atoms with van der Waals surface area (Å²) in [5, 5.41) is 20.2. The third kappa shape index (κ3) is 10.6. The fourth-order valence-electron chi connectivity index (χ4n) is 4.99. The molecule has 2 N–H and O–H groups in total. The van der Waals surface area contributed by atoms with Crippen molar-refractivity contribution in [3.63, 3.8) is 0 Å². The molecule has 0 atom stereocenters. The van der Waals surface area contributed by atoms with Gasteiger partial charge in [0.05, 0.1) is 0 Å². The largest absolute Gasteiger partial charge is 0.508 e. The molecule has 0 saturated heterocycles. The van der Waals surface area contributed by atoms with Gasteiger partial charge in [0, 0.05) is 0 Å². The maximum Gasteiger partial charge on any atom is 0.114 e. The second kappa shape index (κ2) is 15.4. The van der Waals surface area contributed by atoms with E-state index < -0.39 is 0 Å². The molecule has 42 heavy (non-hydrogen) atoms. The van der Waals surface area contributed by atoms with Gasteiger partial charge in [0.15, 0.2) is 0 Å². The van der Waals surface area contributed by atoms with Crippen molar-refractivity contribution in [3.05, 3.63) is 153 Å². The van der Waals surface area contributed by atoms with Gasteiger partial charge >= 0.3 is 0 Å². The third-order valence-electron chi connectivity index (χ3n) is 7.94. The number of hydrogen-bond donors (Lipinski definition) is 2. The predicted molar refractivity (Wildman–Crippen MR) is 184 cm³/mol. The molecule has 0 amide bonds. The van der Waals surface area contributed by atoms with Crippen molar-refractivity contribution in [1.82, 2.24) is 0 Å². The molecule has 0 aromatic rings. The summed E-state index contributed by atoms with van der Waals surface area (Å²) in [5.74, 6) is 0.794. The van der Waals surface area contributed by atoms with Crippen molar-refractivity contribution in [1.29, 1.82) is 0 Å². The monoisotopic (exact) mass is 564 g/mol. The molecule has 2 rings (SSSR count). The molecule has 0 fully saturated rings. The molecule has 0 aromatic heterocycles. The minimum atomic E-state index is 0.0257. The highest BCUT2D eigenvalue weighted by molar-refractivity contribution is 5.45. The predicted octanol–water partition coefficient (Wildman–Crippen LogP) is 11.9. The summed E-state index contributed by atoms with van der Waals surface area (Å²) in [6.45, 7) is 21.2. The topological polar surface area (TPSA) is 40.5 Å². The number of hydrogen-bond acceptors (Lipinski definition) is 2. The molecule has 0 heterocycles. The molecule has 2 nitrogen and oxygen atoms in total. The first kappa shape index (κ1) is 34.4. The van der Waals surface area contributed by atoms with E-state index in [0.29, 0.717) is 11.5 Å². The zero-order valence-electron chi connectivity index (χ0n) is 27.5. The lowest BCUT2D eigenvalue weighted by atomic mass is 9.75. The molecule has 0 aromatic carbocycles. The van der Waals surface area contributed by atoms with Gasteiger partial charge in [-0.15, -0.1) is 0 Å². The smallest absolute Gasteiger partial charge is 0.114 e. The van der Waals surface area contributed by atoms with E-state index in [4.69, 9.17) is 0 Å². The molecule has 2 aliphatic carbocycles. The van der Waals surface area contributed by atoms with Crippen LogP contribution in [0, 0.1) is 10.8 Å². The summed E-state index contributed by atoms with van der Waals surface area (Å²) < 4.78 is 0. The molecule has 0 bridgehead atoms. The Bertz CT molecular complexity index is 1300. The van der Waals surface area contributed by atoms with Gasteiger partial charge in [0.2, 0.25) is 0 Å². The molecule has 0 unspecified atom stereocenters. The van der Waals surface area contributed by atoms with Crippen LogP contribution in [0.4, 0.5) is 0 Å². The van der Waals surface area contributed by atoms with E-state index in [0.717, 1.165) is 35.1 Å². The molecule has 0 spiro atoms. The SMILES string of the molecule is CC1=C(/C=C/C(C)=C/C=C/C(C)=C/C=C/C=C(C)/C=C/C=C(C)/C=C/C2=C(C)C(O)=CCC2(C)C)C(C)(C)CC=C1O. The van der Waals surface area contributed by atoms with E-state index in [1.165, 1.54) is 22.3 Å². The van der Waals surface area contributed by atoms with Crippen molar-refractivity contribution in [2.75, 3.05) is 0 Å². The van der Waals surface area contributed by atoms with E-state index in [1.807, 2.05) is 26.0 Å². The van der Waals surface area contributed by atoms with Crippen LogP contribution in [0.5, 0.6) is 0 Å². The Balaban J connectivity index is 1.93. The fourth-order valence-corrected chi connectivity index (χ4v) is 4.99. The molecule has 2 aliphatic rings. The van der Waals surface area contributed by atoms with Gasteiger partial charge in [-0.2, -0.15) is 0 Å². The summed E-state index contributed by atoms with van der Waals surface area (Å²) in [6.07, 6.45) is 34.9. The summed E-state index contributed by atoms with van der Waals surface area (Å²) in [7, 11) is 0. The van der Waals surface area contributed by atoms with Crippen molar-refractivity contribution in [2.45, 2.75) is 82.1 Å². The summed E-state index contributed by atoms with van der Waals surface area (Å²) in [5.41, 5.74) is 9.01. The van der Waals surface area contributed by atoms with Gasteiger partial charge in [0.1, 0.15) is 11.5 Å². The minimum Gasteiger partial charge on any atom is -0.508 e. The maximum atomic E-state index is 10.1. The molecular formula is C40H52O2. The lowest BCUT2D eigenvalue weighted by Gasteiger charge is -2.30. The van der Waals surface area contributed by atoms with Crippen LogP contribution < -0.4 is 0 Å². The van der Waals surface area contributed by atoms with Crippen LogP contribution in [-0.2, 0) is 0 Å². The van der Waals surface area contributed by atoms with E-state index in [9.17, 15) is 10.2 Å². The highest BCUT2D eigenvalue weighted by atomic mass is 16.3. The first-order valence-corrected chi connectivity index (χ1v) is 14.9. The Morgan fingerprint density at radius 1 is 0.548 bits per heavy atom. The standard InChI is InChI=1S/C40H52O2/c1-29(17-13-19-31(3)21-23-35-33(5)37(41)25-27-39(35,7)8)15-11-12-16-30(2)18-14-20-32(4)22-24-36-34(6)38(42)26-28-40(36,9)10/h11-26,41-42H,27-28H2,1-10H3/b12-11+,17-13+,18-14+,23-21+,24-22+,29-15+,30-16+,31-19+,32-20+. The lowest BCUT2D eigenvalue weighted by molar-refractivity contribution is 0.380. The molecule has 0 saturated carbocycles. The van der Waals surface area contributed by atoms with Gasteiger partial charge in [-0.1, -0.05) is 135 Å². The van der Waals surface area contributed by atoms with Crippen LogP contribution in [-0.4, -0.2) is 10.2 Å².